The zero-order chi connectivity index (χ0) is 31.5. The number of rotatable bonds is 6. The van der Waals surface area contributed by atoms with Crippen LogP contribution in [0.2, 0.25) is 0 Å². The van der Waals surface area contributed by atoms with E-state index in [1.54, 1.807) is 12.1 Å². The molecule has 45 heavy (non-hydrogen) atoms. The van der Waals surface area contributed by atoms with E-state index in [-0.39, 0.29) is 16.6 Å². The van der Waals surface area contributed by atoms with Crippen LogP contribution in [0.15, 0.2) is 35.2 Å². The Kier molecular flexibility index (Phi) is 7.79. The van der Waals surface area contributed by atoms with Gasteiger partial charge in [-0.05, 0) is 165 Å². The van der Waals surface area contributed by atoms with Crippen molar-refractivity contribution in [3.05, 3.63) is 52.2 Å². The maximum Gasteiger partial charge on any atom is 0.339 e. The molecule has 7 fully saturated rings. The van der Waals surface area contributed by atoms with E-state index in [0.717, 1.165) is 36.4 Å². The summed E-state index contributed by atoms with van der Waals surface area (Å²) in [4.78, 5) is 39.9. The molecule has 7 aliphatic rings. The zero-order valence-corrected chi connectivity index (χ0v) is 30.7. The van der Waals surface area contributed by atoms with Crippen LogP contribution < -0.4 is 4.74 Å². The van der Waals surface area contributed by atoms with Gasteiger partial charge in [-0.1, -0.05) is 0 Å². The third-order valence-corrected chi connectivity index (χ3v) is 15.3. The van der Waals surface area contributed by atoms with Crippen molar-refractivity contribution < 1.29 is 46.3 Å². The Balaban J connectivity index is 1.07. The minimum atomic E-state index is -4.52. The van der Waals surface area contributed by atoms with Crippen LogP contribution in [0.25, 0.3) is 0 Å². The normalized spacial score (nSPS) is 37.2. The topological polar surface area (TPSA) is 142 Å². The maximum absolute atomic E-state index is 13.8. The summed E-state index contributed by atoms with van der Waals surface area (Å²) in [6.07, 6.45) is 1.82. The lowest BCUT2D eigenvalue weighted by molar-refractivity contribution is -0.149. The molecule has 4 saturated carbocycles. The summed E-state index contributed by atoms with van der Waals surface area (Å²) < 4.78 is 60.8. The number of benzene rings is 2. The summed E-state index contributed by atoms with van der Waals surface area (Å²) in [5.74, 6) is -1.94. The van der Waals surface area contributed by atoms with E-state index in [1.165, 1.54) is 18.6 Å². The molecule has 3 aliphatic heterocycles. The molecule has 6 unspecified atom stereocenters. The third-order valence-electron chi connectivity index (χ3n) is 10.7. The van der Waals surface area contributed by atoms with Gasteiger partial charge in [-0.25, -0.2) is 4.79 Å². The van der Waals surface area contributed by atoms with E-state index in [9.17, 15) is 27.4 Å². The summed E-state index contributed by atoms with van der Waals surface area (Å²) in [6.45, 7) is 0. The van der Waals surface area contributed by atoms with Gasteiger partial charge in [0.25, 0.3) is 10.1 Å². The lowest BCUT2D eigenvalue weighted by atomic mass is 9.51. The molecule has 6 atom stereocenters. The van der Waals surface area contributed by atoms with Gasteiger partial charge in [0.2, 0.25) is 0 Å². The second-order valence-corrected chi connectivity index (χ2v) is 18.1. The molecule has 0 amide bonds. The molecule has 238 valence electrons. The van der Waals surface area contributed by atoms with Crippen LogP contribution in [0.4, 0.5) is 0 Å². The highest BCUT2D eigenvalue weighted by Crippen LogP contribution is 2.60. The summed E-state index contributed by atoms with van der Waals surface area (Å²) in [7, 11) is -4.52. The molecule has 4 aliphatic carbocycles. The van der Waals surface area contributed by atoms with Crippen molar-refractivity contribution >= 4 is 95.8 Å². The first-order chi connectivity index (χ1) is 21.4. The smallest absolute Gasteiger partial charge is 0.339 e. The molecular formula is C31H27I3O10S. The van der Waals surface area contributed by atoms with Crippen LogP contribution in [0.3, 0.4) is 0 Å². The fraction of sp³-hybridized carbons (Fsp3) is 0.516. The van der Waals surface area contributed by atoms with Crippen LogP contribution in [0.1, 0.15) is 53.9 Å². The summed E-state index contributed by atoms with van der Waals surface area (Å²) >= 11 is 6.35. The van der Waals surface area contributed by atoms with Crippen LogP contribution in [0, 0.1) is 46.2 Å². The fourth-order valence-corrected chi connectivity index (χ4v) is 12.4. The van der Waals surface area contributed by atoms with E-state index >= 15 is 0 Å². The molecule has 2 aromatic carbocycles. The van der Waals surface area contributed by atoms with Crippen molar-refractivity contribution in [2.24, 2.45) is 35.5 Å². The number of carbonyl (C=O) groups excluding carboxylic acids is 3. The van der Waals surface area contributed by atoms with E-state index in [1.807, 2.05) is 6.07 Å². The third kappa shape index (κ3) is 5.17. The molecule has 0 aromatic heterocycles. The number of halogens is 3. The van der Waals surface area contributed by atoms with Gasteiger partial charge >= 0.3 is 17.9 Å². The Labute approximate surface area is 300 Å². The van der Waals surface area contributed by atoms with E-state index in [4.69, 9.17) is 18.9 Å². The van der Waals surface area contributed by atoms with Crippen LogP contribution in [0.5, 0.6) is 5.75 Å². The number of hydrogen-bond acceptors (Lipinski definition) is 9. The van der Waals surface area contributed by atoms with Crippen molar-refractivity contribution in [3.8, 4) is 5.75 Å². The summed E-state index contributed by atoms with van der Waals surface area (Å²) in [5.41, 5.74) is 0.848. The molecule has 14 heteroatoms. The van der Waals surface area contributed by atoms with Crippen LogP contribution in [-0.2, 0) is 33.9 Å². The van der Waals surface area contributed by atoms with Gasteiger partial charge in [0.1, 0.15) is 29.8 Å². The molecule has 6 bridgehead atoms. The Hall–Kier alpha value is -1.09. The second-order valence-electron chi connectivity index (χ2n) is 13.2. The van der Waals surface area contributed by atoms with E-state index < -0.39 is 64.3 Å². The first-order valence-corrected chi connectivity index (χ1v) is 19.6. The second kappa shape index (κ2) is 11.2. The number of ether oxygens (including phenoxy) is 4. The Morgan fingerprint density at radius 3 is 2.24 bits per heavy atom. The Morgan fingerprint density at radius 1 is 0.889 bits per heavy atom. The van der Waals surface area contributed by atoms with Crippen molar-refractivity contribution in [1.29, 1.82) is 0 Å². The molecule has 0 radical (unpaired) electrons. The van der Waals surface area contributed by atoms with Crippen molar-refractivity contribution in [1.82, 2.24) is 0 Å². The Bertz CT molecular complexity index is 1730. The quantitative estimate of drug-likeness (QED) is 0.132. The number of hydrogen-bond donors (Lipinski definition) is 1. The van der Waals surface area contributed by atoms with E-state index in [2.05, 4.69) is 67.8 Å². The van der Waals surface area contributed by atoms with Crippen molar-refractivity contribution in [2.45, 2.75) is 67.3 Å². The van der Waals surface area contributed by atoms with Crippen LogP contribution >= 0.6 is 67.8 Å². The average Bonchev–Trinajstić information content (AvgIpc) is 3.58. The largest absolute Gasteiger partial charge is 0.455 e. The number of fused-ring (bicyclic) bond motifs is 1. The van der Waals surface area contributed by atoms with Gasteiger partial charge in [0.15, 0.2) is 12.2 Å². The minimum Gasteiger partial charge on any atom is -0.455 e. The monoisotopic (exact) mass is 972 g/mol. The van der Waals surface area contributed by atoms with Gasteiger partial charge in [-0.2, -0.15) is 8.42 Å². The van der Waals surface area contributed by atoms with E-state index in [0.29, 0.717) is 34.8 Å². The summed E-state index contributed by atoms with van der Waals surface area (Å²) in [6, 6.07) is 7.86. The Morgan fingerprint density at radius 2 is 1.58 bits per heavy atom. The van der Waals surface area contributed by atoms with Crippen molar-refractivity contribution in [3.63, 3.8) is 0 Å². The van der Waals surface area contributed by atoms with Crippen LogP contribution in [-0.4, -0.2) is 55.3 Å². The lowest BCUT2D eigenvalue weighted by Crippen LogP contribution is -2.48. The molecule has 9 rings (SSSR count). The highest BCUT2D eigenvalue weighted by molar-refractivity contribution is 14.1. The fourth-order valence-electron chi connectivity index (χ4n) is 9.33. The SMILES string of the molecule is O=C(OC1C2OC(=O)C3C2OC1C3C(=O)Oc1ccc(S(=O)(=O)O)c(C2C3CC4CC(C3)CC2C4)c1)c1cc(I)cc(I)c1I. The van der Waals surface area contributed by atoms with Gasteiger partial charge < -0.3 is 18.9 Å². The average molecular weight is 972 g/mol. The molecule has 3 saturated heterocycles. The summed E-state index contributed by atoms with van der Waals surface area (Å²) in [5, 5.41) is 0. The first kappa shape index (κ1) is 31.2. The molecule has 0 spiro atoms. The number of carbonyl (C=O) groups is 3. The maximum atomic E-state index is 13.8. The van der Waals surface area contributed by atoms with Gasteiger partial charge in [0, 0.05) is 10.7 Å². The van der Waals surface area contributed by atoms with Gasteiger partial charge in [-0.15, -0.1) is 0 Å². The van der Waals surface area contributed by atoms with Gasteiger partial charge in [0.05, 0.1) is 10.5 Å². The standard InChI is InChI=1S/C31H27I3O10S/c32-15-8-18(24(34)19(33)9-15)29(35)43-27-25-22(23-26(42-25)28(27)44-31(23)37)30(36)41-16-1-2-20(45(38,39)40)17(10-16)21-13-4-11-3-12(6-13)7-14(21)5-11/h1-2,8-14,21-23,25-28H,3-7H2,(H,38,39,40). The predicted molar refractivity (Wildman–Crippen MR) is 181 cm³/mol. The molecular weight excluding hydrogens is 945 g/mol. The molecule has 2 aromatic rings. The highest BCUT2D eigenvalue weighted by Gasteiger charge is 2.72. The van der Waals surface area contributed by atoms with Gasteiger partial charge in [-0.3, -0.25) is 14.1 Å². The number of esters is 3. The lowest BCUT2D eigenvalue weighted by Gasteiger charge is -2.54. The predicted octanol–water partition coefficient (Wildman–Crippen LogP) is 5.36. The highest BCUT2D eigenvalue weighted by atomic mass is 127. The first-order valence-electron chi connectivity index (χ1n) is 14.9. The van der Waals surface area contributed by atoms with Crippen molar-refractivity contribution in [2.75, 3.05) is 0 Å². The zero-order valence-electron chi connectivity index (χ0n) is 23.4. The molecule has 3 heterocycles. The minimum absolute atomic E-state index is 0.0551. The molecule has 10 nitrogen and oxygen atoms in total. The molecule has 1 N–H and O–H groups in total.